The Balaban J connectivity index is 1.36. The molecule has 0 unspecified atom stereocenters. The Hall–Kier alpha value is -1.77. The molecule has 0 aromatic heterocycles. The number of ether oxygens (including phenoxy) is 1. The van der Waals surface area contributed by atoms with E-state index in [0.29, 0.717) is 17.9 Å². The molecule has 7 heteroatoms. The third kappa shape index (κ3) is 7.53. The first-order chi connectivity index (χ1) is 14.1. The van der Waals surface area contributed by atoms with E-state index in [1.807, 2.05) is 42.5 Å². The highest BCUT2D eigenvalue weighted by molar-refractivity contribution is 7.89. The van der Waals surface area contributed by atoms with Gasteiger partial charge >= 0.3 is 0 Å². The average molecular weight is 418 g/mol. The van der Waals surface area contributed by atoms with E-state index >= 15 is 0 Å². The maximum atomic E-state index is 12.4. The molecule has 6 nitrogen and oxygen atoms in total. The van der Waals surface area contributed by atoms with Crippen molar-refractivity contribution in [2.24, 2.45) is 0 Å². The van der Waals surface area contributed by atoms with E-state index in [1.54, 1.807) is 12.1 Å². The third-order valence-electron chi connectivity index (χ3n) is 5.04. The summed E-state index contributed by atoms with van der Waals surface area (Å²) in [6.45, 7) is 6.88. The molecule has 0 amide bonds. The minimum absolute atomic E-state index is 0.307. The number of rotatable bonds is 11. The van der Waals surface area contributed by atoms with Crippen LogP contribution in [-0.2, 0) is 27.7 Å². The Labute approximate surface area is 174 Å². The molecule has 0 saturated carbocycles. The van der Waals surface area contributed by atoms with Gasteiger partial charge in [0.25, 0.3) is 0 Å². The van der Waals surface area contributed by atoms with Crippen LogP contribution in [0.5, 0.6) is 0 Å². The number of hydrogen-bond acceptors (Lipinski definition) is 5. The molecule has 1 fully saturated rings. The molecular weight excluding hydrogens is 386 g/mol. The zero-order valence-electron chi connectivity index (χ0n) is 16.8. The summed E-state index contributed by atoms with van der Waals surface area (Å²) >= 11 is 0. The zero-order chi connectivity index (χ0) is 20.4. The fraction of sp³-hybridized carbons (Fsp3) is 0.455. The molecule has 2 aromatic carbocycles. The smallest absolute Gasteiger partial charge is 0.240 e. The van der Waals surface area contributed by atoms with E-state index in [9.17, 15) is 8.42 Å². The molecule has 1 saturated heterocycles. The van der Waals surface area contributed by atoms with Gasteiger partial charge in [0.15, 0.2) is 0 Å². The number of nitrogens with zero attached hydrogens (tertiary/aromatic N) is 1. The zero-order valence-corrected chi connectivity index (χ0v) is 17.7. The van der Waals surface area contributed by atoms with Crippen molar-refractivity contribution in [3.05, 3.63) is 65.7 Å². The lowest BCUT2D eigenvalue weighted by molar-refractivity contribution is 0.0374. The van der Waals surface area contributed by atoms with E-state index in [1.165, 1.54) is 0 Å². The lowest BCUT2D eigenvalue weighted by Gasteiger charge is -2.26. The predicted molar refractivity (Wildman–Crippen MR) is 115 cm³/mol. The highest BCUT2D eigenvalue weighted by Gasteiger charge is 2.13. The molecular formula is C22H31N3O3S. The largest absolute Gasteiger partial charge is 0.379 e. The van der Waals surface area contributed by atoms with Crippen LogP contribution in [0, 0.1) is 0 Å². The monoisotopic (exact) mass is 417 g/mol. The molecule has 158 valence electrons. The molecule has 2 aromatic rings. The molecule has 0 atom stereocenters. The second kappa shape index (κ2) is 11.4. The molecule has 2 N–H and O–H groups in total. The fourth-order valence-corrected chi connectivity index (χ4v) is 4.36. The lowest BCUT2D eigenvalue weighted by Crippen LogP contribution is -2.37. The van der Waals surface area contributed by atoms with Crippen LogP contribution in [0.4, 0.5) is 0 Å². The summed E-state index contributed by atoms with van der Waals surface area (Å²) in [5, 5.41) is 3.43. The Kier molecular flexibility index (Phi) is 8.64. The van der Waals surface area contributed by atoms with Crippen molar-refractivity contribution in [1.82, 2.24) is 14.9 Å². The quantitative estimate of drug-likeness (QED) is 0.548. The summed E-state index contributed by atoms with van der Waals surface area (Å²) in [7, 11) is -3.47. The van der Waals surface area contributed by atoms with E-state index in [-0.39, 0.29) is 0 Å². The number of benzene rings is 2. The van der Waals surface area contributed by atoms with Crippen LogP contribution in [0.3, 0.4) is 0 Å². The average Bonchev–Trinajstić information content (AvgIpc) is 2.75. The number of nitrogens with one attached hydrogen (secondary N) is 2. The molecule has 3 rings (SSSR count). The van der Waals surface area contributed by atoms with Gasteiger partial charge in [-0.25, -0.2) is 13.1 Å². The highest BCUT2D eigenvalue weighted by atomic mass is 32.2. The summed E-state index contributed by atoms with van der Waals surface area (Å²) in [6.07, 6.45) is 1.77. The lowest BCUT2D eigenvalue weighted by atomic mass is 10.2. The van der Waals surface area contributed by atoms with Gasteiger partial charge in [0.05, 0.1) is 18.1 Å². The van der Waals surface area contributed by atoms with Crippen molar-refractivity contribution in [2.45, 2.75) is 24.3 Å². The van der Waals surface area contributed by atoms with Crippen LogP contribution in [0.2, 0.25) is 0 Å². The Bertz CT molecular complexity index is 820. The van der Waals surface area contributed by atoms with Crippen molar-refractivity contribution in [3.63, 3.8) is 0 Å². The number of sulfonamides is 1. The first kappa shape index (κ1) is 21.9. The second-order valence-electron chi connectivity index (χ2n) is 7.26. The minimum Gasteiger partial charge on any atom is -0.379 e. The van der Waals surface area contributed by atoms with Crippen LogP contribution in [0.1, 0.15) is 17.5 Å². The Morgan fingerprint density at radius 1 is 0.897 bits per heavy atom. The number of morpholine rings is 1. The Morgan fingerprint density at radius 2 is 1.62 bits per heavy atom. The normalized spacial score (nSPS) is 15.4. The SMILES string of the molecule is O=S(=O)(NCCc1ccccc1)c1ccc(CNCCCN2CCOCC2)cc1. The van der Waals surface area contributed by atoms with Gasteiger partial charge in [-0.15, -0.1) is 0 Å². The standard InChI is InChI=1S/C22H31N3O3S/c26-29(27,24-13-11-20-5-2-1-3-6-20)22-9-7-21(8-10-22)19-23-12-4-14-25-15-17-28-18-16-25/h1-3,5-10,23-24H,4,11-19H2. The van der Waals surface area contributed by atoms with Crippen molar-refractivity contribution >= 4 is 10.0 Å². The van der Waals surface area contributed by atoms with Gasteiger partial charge < -0.3 is 10.1 Å². The van der Waals surface area contributed by atoms with Gasteiger partial charge in [-0.1, -0.05) is 42.5 Å². The summed E-state index contributed by atoms with van der Waals surface area (Å²) in [5.41, 5.74) is 2.20. The van der Waals surface area contributed by atoms with E-state index in [0.717, 1.165) is 63.5 Å². The van der Waals surface area contributed by atoms with Crippen molar-refractivity contribution in [2.75, 3.05) is 45.9 Å². The first-order valence-corrected chi connectivity index (χ1v) is 11.8. The Morgan fingerprint density at radius 3 is 2.34 bits per heavy atom. The van der Waals surface area contributed by atoms with Crippen LogP contribution >= 0.6 is 0 Å². The van der Waals surface area contributed by atoms with Crippen molar-refractivity contribution in [3.8, 4) is 0 Å². The molecule has 0 radical (unpaired) electrons. The van der Waals surface area contributed by atoms with Crippen molar-refractivity contribution < 1.29 is 13.2 Å². The summed E-state index contributed by atoms with van der Waals surface area (Å²) < 4.78 is 32.9. The van der Waals surface area contributed by atoms with Crippen LogP contribution < -0.4 is 10.0 Å². The molecule has 29 heavy (non-hydrogen) atoms. The van der Waals surface area contributed by atoms with E-state index in [4.69, 9.17) is 4.74 Å². The topological polar surface area (TPSA) is 70.7 Å². The second-order valence-corrected chi connectivity index (χ2v) is 9.03. The molecule has 0 bridgehead atoms. The first-order valence-electron chi connectivity index (χ1n) is 10.3. The molecule has 1 aliphatic heterocycles. The van der Waals surface area contributed by atoms with Gasteiger partial charge in [-0.2, -0.15) is 0 Å². The van der Waals surface area contributed by atoms with Gasteiger partial charge in [-0.3, -0.25) is 4.90 Å². The third-order valence-corrected chi connectivity index (χ3v) is 6.52. The predicted octanol–water partition coefficient (Wildman–Crippen LogP) is 2.02. The maximum absolute atomic E-state index is 12.4. The molecule has 0 aliphatic carbocycles. The number of hydrogen-bond donors (Lipinski definition) is 2. The van der Waals surface area contributed by atoms with E-state index in [2.05, 4.69) is 14.9 Å². The van der Waals surface area contributed by atoms with E-state index < -0.39 is 10.0 Å². The summed E-state index contributed by atoms with van der Waals surface area (Å²) in [4.78, 5) is 2.73. The fourth-order valence-electron chi connectivity index (χ4n) is 3.33. The van der Waals surface area contributed by atoms with Crippen LogP contribution in [0.25, 0.3) is 0 Å². The summed E-state index contributed by atoms with van der Waals surface area (Å²) in [6, 6.07) is 17.0. The molecule has 1 heterocycles. The summed E-state index contributed by atoms with van der Waals surface area (Å²) in [5.74, 6) is 0. The van der Waals surface area contributed by atoms with Crippen LogP contribution in [0.15, 0.2) is 59.5 Å². The van der Waals surface area contributed by atoms with Crippen molar-refractivity contribution in [1.29, 1.82) is 0 Å². The molecule has 0 spiro atoms. The highest BCUT2D eigenvalue weighted by Crippen LogP contribution is 2.11. The molecule has 1 aliphatic rings. The van der Waals surface area contributed by atoms with Crippen LogP contribution in [-0.4, -0.2) is 59.3 Å². The maximum Gasteiger partial charge on any atom is 0.240 e. The van der Waals surface area contributed by atoms with Gasteiger partial charge in [0.1, 0.15) is 0 Å². The van der Waals surface area contributed by atoms with Gasteiger partial charge in [-0.05, 0) is 49.2 Å². The van der Waals surface area contributed by atoms with Gasteiger partial charge in [0.2, 0.25) is 10.0 Å². The van der Waals surface area contributed by atoms with Gasteiger partial charge in [0, 0.05) is 26.2 Å². The minimum atomic E-state index is -3.47.